The Labute approximate surface area is 157 Å². The number of guanidine groups is 1. The SMILES string of the molecule is CCN=C(NC1CCN(CC(F)(F)F)C1)NC1CC2CCC1O2.I. The smallest absolute Gasteiger partial charge is 0.373 e. The van der Waals surface area contributed by atoms with E-state index in [4.69, 9.17) is 4.74 Å². The molecule has 5 nitrogen and oxygen atoms in total. The molecule has 4 unspecified atom stereocenters. The first-order valence-corrected chi connectivity index (χ1v) is 8.45. The maximum atomic E-state index is 12.5. The molecule has 9 heteroatoms. The Hall–Kier alpha value is -0.290. The van der Waals surface area contributed by atoms with Crippen LogP contribution in [0.4, 0.5) is 13.2 Å². The highest BCUT2D eigenvalue weighted by Crippen LogP contribution is 2.34. The highest BCUT2D eigenvalue weighted by molar-refractivity contribution is 14.0. The molecule has 3 heterocycles. The normalized spacial score (nSPS) is 33.6. The van der Waals surface area contributed by atoms with E-state index in [0.29, 0.717) is 38.1 Å². The van der Waals surface area contributed by atoms with Crippen molar-refractivity contribution in [3.8, 4) is 0 Å². The molecule has 0 aliphatic carbocycles. The van der Waals surface area contributed by atoms with Gasteiger partial charge in [0.1, 0.15) is 0 Å². The van der Waals surface area contributed by atoms with Gasteiger partial charge in [-0.1, -0.05) is 0 Å². The van der Waals surface area contributed by atoms with Crippen LogP contribution in [-0.4, -0.2) is 67.5 Å². The summed E-state index contributed by atoms with van der Waals surface area (Å²) >= 11 is 0. The Balaban J connectivity index is 0.00000208. The minimum atomic E-state index is -4.13. The van der Waals surface area contributed by atoms with Crippen molar-refractivity contribution in [2.45, 2.75) is 63.1 Å². The van der Waals surface area contributed by atoms with E-state index in [1.165, 1.54) is 4.90 Å². The van der Waals surface area contributed by atoms with Crippen LogP contribution in [-0.2, 0) is 4.74 Å². The number of likely N-dealkylation sites (tertiary alicyclic amines) is 1. The summed E-state index contributed by atoms with van der Waals surface area (Å²) in [5, 5.41) is 6.70. The zero-order valence-corrected chi connectivity index (χ0v) is 16.1. The van der Waals surface area contributed by atoms with Gasteiger partial charge in [0.25, 0.3) is 0 Å². The molecule has 0 spiro atoms. The van der Waals surface area contributed by atoms with E-state index in [2.05, 4.69) is 15.6 Å². The molecule has 0 aromatic carbocycles. The molecule has 3 aliphatic heterocycles. The highest BCUT2D eigenvalue weighted by atomic mass is 127. The fourth-order valence-electron chi connectivity index (χ4n) is 3.80. The van der Waals surface area contributed by atoms with Crippen molar-refractivity contribution in [3.63, 3.8) is 0 Å². The number of aliphatic imine (C=N–C) groups is 1. The summed E-state index contributed by atoms with van der Waals surface area (Å²) < 4.78 is 43.2. The lowest BCUT2D eigenvalue weighted by atomic mass is 9.96. The minimum absolute atomic E-state index is 0. The van der Waals surface area contributed by atoms with Gasteiger partial charge in [-0.05, 0) is 32.6 Å². The Morgan fingerprint density at radius 3 is 2.62 bits per heavy atom. The predicted octanol–water partition coefficient (Wildman–Crippen LogP) is 2.12. The Morgan fingerprint density at radius 1 is 1.25 bits per heavy atom. The van der Waals surface area contributed by atoms with Crippen LogP contribution in [0.1, 0.15) is 32.6 Å². The average Bonchev–Trinajstić information content (AvgIpc) is 3.14. The van der Waals surface area contributed by atoms with Gasteiger partial charge in [-0.25, -0.2) is 0 Å². The summed E-state index contributed by atoms with van der Waals surface area (Å²) in [7, 11) is 0. The second-order valence-corrected chi connectivity index (χ2v) is 6.66. The summed E-state index contributed by atoms with van der Waals surface area (Å²) in [6.45, 7) is 2.62. The van der Waals surface area contributed by atoms with E-state index in [-0.39, 0.29) is 42.2 Å². The number of rotatable bonds is 4. The first-order valence-electron chi connectivity index (χ1n) is 8.45. The third-order valence-corrected chi connectivity index (χ3v) is 4.76. The second kappa shape index (κ2) is 8.39. The third kappa shape index (κ3) is 5.35. The van der Waals surface area contributed by atoms with Crippen LogP contribution < -0.4 is 10.6 Å². The monoisotopic (exact) mass is 462 g/mol. The van der Waals surface area contributed by atoms with Gasteiger partial charge in [-0.3, -0.25) is 9.89 Å². The molecule has 3 fully saturated rings. The van der Waals surface area contributed by atoms with Gasteiger partial charge in [0.05, 0.1) is 24.8 Å². The van der Waals surface area contributed by atoms with Gasteiger partial charge in [-0.15, -0.1) is 24.0 Å². The van der Waals surface area contributed by atoms with Gasteiger partial charge >= 0.3 is 6.18 Å². The third-order valence-electron chi connectivity index (χ3n) is 4.76. The number of nitrogens with zero attached hydrogens (tertiary/aromatic N) is 2. The summed E-state index contributed by atoms with van der Waals surface area (Å²) in [5.74, 6) is 0.701. The molecule has 24 heavy (non-hydrogen) atoms. The van der Waals surface area contributed by atoms with Crippen molar-refractivity contribution in [1.82, 2.24) is 15.5 Å². The number of nitrogens with one attached hydrogen (secondary N) is 2. The zero-order valence-electron chi connectivity index (χ0n) is 13.8. The summed E-state index contributed by atoms with van der Waals surface area (Å²) in [6, 6.07) is 0.272. The summed E-state index contributed by atoms with van der Waals surface area (Å²) in [6.07, 6.45) is 0.362. The molecule has 140 valence electrons. The molecule has 2 N–H and O–H groups in total. The van der Waals surface area contributed by atoms with Crippen molar-refractivity contribution in [3.05, 3.63) is 0 Å². The van der Waals surface area contributed by atoms with E-state index in [1.807, 2.05) is 6.92 Å². The van der Waals surface area contributed by atoms with Crippen LogP contribution in [0.5, 0.6) is 0 Å². The zero-order chi connectivity index (χ0) is 16.4. The van der Waals surface area contributed by atoms with Crippen molar-refractivity contribution in [2.24, 2.45) is 4.99 Å². The quantitative estimate of drug-likeness (QED) is 0.382. The summed E-state index contributed by atoms with van der Waals surface area (Å²) in [4.78, 5) is 5.88. The van der Waals surface area contributed by atoms with E-state index in [0.717, 1.165) is 19.3 Å². The van der Waals surface area contributed by atoms with Crippen LogP contribution in [0.15, 0.2) is 4.99 Å². The lowest BCUT2D eigenvalue weighted by molar-refractivity contribution is -0.143. The standard InChI is InChI=1S/C15H25F3N4O.HI/c1-2-19-14(21-12-7-11-3-4-13(12)23-11)20-10-5-6-22(8-10)9-15(16,17)18;/h10-13H,2-9H2,1H3,(H2,19,20,21);1H. The van der Waals surface area contributed by atoms with Gasteiger partial charge in [0.15, 0.2) is 5.96 Å². The molecule has 3 rings (SSSR count). The van der Waals surface area contributed by atoms with Crippen LogP contribution in [0.2, 0.25) is 0 Å². The van der Waals surface area contributed by atoms with Crippen molar-refractivity contribution in [2.75, 3.05) is 26.2 Å². The van der Waals surface area contributed by atoms with Gasteiger partial charge in [0, 0.05) is 25.7 Å². The van der Waals surface area contributed by atoms with Crippen LogP contribution in [0.3, 0.4) is 0 Å². The molecule has 0 aromatic heterocycles. The maximum absolute atomic E-state index is 12.5. The van der Waals surface area contributed by atoms with Crippen LogP contribution >= 0.6 is 24.0 Å². The molecule has 0 saturated carbocycles. The number of ether oxygens (including phenoxy) is 1. The predicted molar refractivity (Wildman–Crippen MR) is 96.9 cm³/mol. The molecule has 0 aromatic rings. The highest BCUT2D eigenvalue weighted by Gasteiger charge is 2.41. The number of alkyl halides is 3. The molecule has 4 atom stereocenters. The average molecular weight is 462 g/mol. The van der Waals surface area contributed by atoms with Crippen molar-refractivity contribution < 1.29 is 17.9 Å². The molecule has 0 radical (unpaired) electrons. The fourth-order valence-corrected chi connectivity index (χ4v) is 3.80. The molecular weight excluding hydrogens is 436 g/mol. The number of halogens is 4. The van der Waals surface area contributed by atoms with Crippen molar-refractivity contribution >= 4 is 29.9 Å². The minimum Gasteiger partial charge on any atom is -0.373 e. The van der Waals surface area contributed by atoms with E-state index in [9.17, 15) is 13.2 Å². The fraction of sp³-hybridized carbons (Fsp3) is 0.933. The topological polar surface area (TPSA) is 48.9 Å². The van der Waals surface area contributed by atoms with E-state index in [1.54, 1.807) is 0 Å². The number of fused-ring (bicyclic) bond motifs is 2. The molecule has 0 amide bonds. The Kier molecular flexibility index (Phi) is 7.00. The first kappa shape index (κ1) is 20.0. The summed E-state index contributed by atoms with van der Waals surface area (Å²) in [5.41, 5.74) is 0. The largest absolute Gasteiger partial charge is 0.401 e. The van der Waals surface area contributed by atoms with Crippen LogP contribution in [0, 0.1) is 0 Å². The van der Waals surface area contributed by atoms with Crippen molar-refractivity contribution in [1.29, 1.82) is 0 Å². The second-order valence-electron chi connectivity index (χ2n) is 6.66. The molecular formula is C15H26F3IN4O. The van der Waals surface area contributed by atoms with E-state index < -0.39 is 12.7 Å². The van der Waals surface area contributed by atoms with E-state index >= 15 is 0 Å². The van der Waals surface area contributed by atoms with Crippen LogP contribution in [0.25, 0.3) is 0 Å². The molecule has 3 saturated heterocycles. The molecule has 2 bridgehead atoms. The Bertz CT molecular complexity index is 449. The van der Waals surface area contributed by atoms with Gasteiger partial charge in [-0.2, -0.15) is 13.2 Å². The maximum Gasteiger partial charge on any atom is 0.401 e. The molecule has 3 aliphatic rings. The number of hydrogen-bond donors (Lipinski definition) is 2. The first-order chi connectivity index (χ1) is 10.9. The number of hydrogen-bond acceptors (Lipinski definition) is 3. The van der Waals surface area contributed by atoms with Gasteiger partial charge < -0.3 is 15.4 Å². The Morgan fingerprint density at radius 2 is 2.04 bits per heavy atom. The lowest BCUT2D eigenvalue weighted by Crippen LogP contribution is -2.51. The van der Waals surface area contributed by atoms with Gasteiger partial charge in [0.2, 0.25) is 0 Å². The lowest BCUT2D eigenvalue weighted by Gasteiger charge is -2.25.